The number of likely N-dealkylation sites (tertiary alicyclic amines) is 1. The molecule has 20 heavy (non-hydrogen) atoms. The number of alkyl halides is 2. The van der Waals surface area contributed by atoms with Crippen LogP contribution in [0.4, 0.5) is 8.78 Å². The van der Waals surface area contributed by atoms with Crippen LogP contribution in [-0.2, 0) is 6.54 Å². The average Bonchev–Trinajstić information content (AvgIpc) is 2.82. The summed E-state index contributed by atoms with van der Waals surface area (Å²) in [5, 5.41) is 3.58. The normalized spacial score (nSPS) is 26.8. The Kier molecular flexibility index (Phi) is 4.17. The van der Waals surface area contributed by atoms with Crippen LogP contribution in [0, 0.1) is 5.92 Å². The van der Waals surface area contributed by atoms with Crippen LogP contribution in [-0.4, -0.2) is 37.2 Å². The first-order valence-corrected chi connectivity index (χ1v) is 7.20. The lowest BCUT2D eigenvalue weighted by Gasteiger charge is -2.24. The van der Waals surface area contributed by atoms with Crippen molar-refractivity contribution in [1.29, 1.82) is 0 Å². The number of benzene rings is 1. The standard InChI is InChI=1S/C15H20F2N2O/c16-15(17)20-13-5-3-11(4-6-13)8-19-9-12-2-1-7-18-14(12)10-19/h3-6,12,14-15,18H,1-2,7-10H2/t12-,14+/m0/s1. The number of nitrogens with zero attached hydrogens (tertiary/aromatic N) is 1. The van der Waals surface area contributed by atoms with Gasteiger partial charge in [0, 0.05) is 25.7 Å². The molecule has 2 aliphatic rings. The number of halogens is 2. The van der Waals surface area contributed by atoms with Gasteiger partial charge in [-0.05, 0) is 43.0 Å². The van der Waals surface area contributed by atoms with Gasteiger partial charge < -0.3 is 10.1 Å². The topological polar surface area (TPSA) is 24.5 Å². The zero-order valence-electron chi connectivity index (χ0n) is 11.4. The first-order valence-electron chi connectivity index (χ1n) is 7.20. The van der Waals surface area contributed by atoms with Crippen LogP contribution < -0.4 is 10.1 Å². The lowest BCUT2D eigenvalue weighted by Crippen LogP contribution is -2.40. The van der Waals surface area contributed by atoms with Crippen LogP contribution >= 0.6 is 0 Å². The summed E-state index contributed by atoms with van der Waals surface area (Å²) in [5.41, 5.74) is 1.14. The van der Waals surface area contributed by atoms with Gasteiger partial charge in [-0.15, -0.1) is 0 Å². The van der Waals surface area contributed by atoms with Gasteiger partial charge in [0.05, 0.1) is 0 Å². The molecule has 2 aliphatic heterocycles. The molecule has 0 amide bonds. The minimum absolute atomic E-state index is 0.223. The molecular formula is C15H20F2N2O. The van der Waals surface area contributed by atoms with Crippen LogP contribution in [0.15, 0.2) is 24.3 Å². The van der Waals surface area contributed by atoms with E-state index in [0.29, 0.717) is 6.04 Å². The lowest BCUT2D eigenvalue weighted by atomic mass is 9.94. The summed E-state index contributed by atoms with van der Waals surface area (Å²) in [4.78, 5) is 2.44. The fraction of sp³-hybridized carbons (Fsp3) is 0.600. The second-order valence-corrected chi connectivity index (χ2v) is 5.68. The molecule has 3 nitrogen and oxygen atoms in total. The maximum atomic E-state index is 12.1. The van der Waals surface area contributed by atoms with Gasteiger partial charge >= 0.3 is 6.61 Å². The Morgan fingerprint density at radius 3 is 2.75 bits per heavy atom. The largest absolute Gasteiger partial charge is 0.435 e. The van der Waals surface area contributed by atoms with Crippen molar-refractivity contribution in [1.82, 2.24) is 10.2 Å². The first kappa shape index (κ1) is 13.8. The predicted octanol–water partition coefficient (Wildman–Crippen LogP) is 2.47. The van der Waals surface area contributed by atoms with Gasteiger partial charge in [0.1, 0.15) is 5.75 Å². The average molecular weight is 282 g/mol. The number of ether oxygens (including phenoxy) is 1. The number of piperidine rings is 1. The van der Waals surface area contributed by atoms with Crippen molar-refractivity contribution in [3.05, 3.63) is 29.8 Å². The lowest BCUT2D eigenvalue weighted by molar-refractivity contribution is -0.0498. The first-order chi connectivity index (χ1) is 9.70. The monoisotopic (exact) mass is 282 g/mol. The van der Waals surface area contributed by atoms with E-state index in [1.165, 1.54) is 12.8 Å². The molecule has 2 heterocycles. The van der Waals surface area contributed by atoms with Crippen molar-refractivity contribution < 1.29 is 13.5 Å². The molecule has 2 fully saturated rings. The van der Waals surface area contributed by atoms with E-state index in [0.717, 1.165) is 37.7 Å². The SMILES string of the molecule is FC(F)Oc1ccc(CN2C[C@@H]3CCCN[C@@H]3C2)cc1. The summed E-state index contributed by atoms with van der Waals surface area (Å²) >= 11 is 0. The zero-order valence-corrected chi connectivity index (χ0v) is 11.4. The highest BCUT2D eigenvalue weighted by atomic mass is 19.3. The third-order valence-corrected chi connectivity index (χ3v) is 4.23. The van der Waals surface area contributed by atoms with Gasteiger partial charge in [0.15, 0.2) is 0 Å². The van der Waals surface area contributed by atoms with Crippen molar-refractivity contribution >= 4 is 0 Å². The molecule has 0 spiro atoms. The molecule has 1 aromatic rings. The van der Waals surface area contributed by atoms with Crippen LogP contribution in [0.3, 0.4) is 0 Å². The molecule has 1 aromatic carbocycles. The molecule has 5 heteroatoms. The van der Waals surface area contributed by atoms with E-state index in [1.54, 1.807) is 12.1 Å². The van der Waals surface area contributed by atoms with Gasteiger partial charge in [-0.1, -0.05) is 12.1 Å². The maximum absolute atomic E-state index is 12.1. The highest BCUT2D eigenvalue weighted by Gasteiger charge is 2.33. The van der Waals surface area contributed by atoms with Crippen LogP contribution in [0.2, 0.25) is 0 Å². The van der Waals surface area contributed by atoms with E-state index in [4.69, 9.17) is 0 Å². The Balaban J connectivity index is 1.55. The molecule has 0 aliphatic carbocycles. The molecule has 1 N–H and O–H groups in total. The second-order valence-electron chi connectivity index (χ2n) is 5.68. The minimum atomic E-state index is -2.76. The van der Waals surface area contributed by atoms with Crippen LogP contribution in [0.5, 0.6) is 5.75 Å². The van der Waals surface area contributed by atoms with Gasteiger partial charge in [0.2, 0.25) is 0 Å². The maximum Gasteiger partial charge on any atom is 0.387 e. The van der Waals surface area contributed by atoms with Crippen LogP contribution in [0.25, 0.3) is 0 Å². The van der Waals surface area contributed by atoms with Crippen molar-refractivity contribution in [2.75, 3.05) is 19.6 Å². The Bertz CT molecular complexity index is 424. The molecule has 0 bridgehead atoms. The van der Waals surface area contributed by atoms with E-state index in [9.17, 15) is 8.78 Å². The summed E-state index contributed by atoms with van der Waals surface area (Å²) in [6.45, 7) is 1.47. The van der Waals surface area contributed by atoms with Gasteiger partial charge in [-0.25, -0.2) is 0 Å². The number of fused-ring (bicyclic) bond motifs is 1. The summed E-state index contributed by atoms with van der Waals surface area (Å²) < 4.78 is 28.5. The number of nitrogens with one attached hydrogen (secondary N) is 1. The third kappa shape index (κ3) is 3.27. The number of rotatable bonds is 4. The van der Waals surface area contributed by atoms with Crippen molar-refractivity contribution in [3.8, 4) is 5.75 Å². The smallest absolute Gasteiger partial charge is 0.387 e. The Hall–Kier alpha value is -1.20. The van der Waals surface area contributed by atoms with E-state index < -0.39 is 6.61 Å². The third-order valence-electron chi connectivity index (χ3n) is 4.23. The second kappa shape index (κ2) is 6.06. The molecule has 0 unspecified atom stereocenters. The van der Waals surface area contributed by atoms with Gasteiger partial charge in [-0.3, -0.25) is 4.90 Å². The van der Waals surface area contributed by atoms with Crippen molar-refractivity contribution in [2.45, 2.75) is 32.0 Å². The molecular weight excluding hydrogens is 262 g/mol. The number of hydrogen-bond donors (Lipinski definition) is 1. The van der Waals surface area contributed by atoms with E-state index >= 15 is 0 Å². The molecule has 0 aromatic heterocycles. The Morgan fingerprint density at radius 2 is 2.05 bits per heavy atom. The van der Waals surface area contributed by atoms with E-state index in [-0.39, 0.29) is 5.75 Å². The predicted molar refractivity (Wildman–Crippen MR) is 72.9 cm³/mol. The quantitative estimate of drug-likeness (QED) is 0.918. The van der Waals surface area contributed by atoms with Gasteiger partial charge in [0.25, 0.3) is 0 Å². The summed E-state index contributed by atoms with van der Waals surface area (Å²) in [7, 11) is 0. The fourth-order valence-corrected chi connectivity index (χ4v) is 3.30. The Labute approximate surface area is 117 Å². The van der Waals surface area contributed by atoms with Gasteiger partial charge in [-0.2, -0.15) is 8.78 Å². The van der Waals surface area contributed by atoms with Crippen molar-refractivity contribution in [2.24, 2.45) is 5.92 Å². The highest BCUT2D eigenvalue weighted by molar-refractivity contribution is 5.27. The molecule has 3 rings (SSSR count). The zero-order chi connectivity index (χ0) is 13.9. The van der Waals surface area contributed by atoms with E-state index in [2.05, 4.69) is 15.0 Å². The molecule has 0 saturated carbocycles. The van der Waals surface area contributed by atoms with E-state index in [1.807, 2.05) is 12.1 Å². The van der Waals surface area contributed by atoms with Crippen molar-refractivity contribution in [3.63, 3.8) is 0 Å². The molecule has 2 saturated heterocycles. The molecule has 2 atom stereocenters. The molecule has 110 valence electrons. The summed E-state index contributed by atoms with van der Waals surface area (Å²) in [6.07, 6.45) is 2.59. The minimum Gasteiger partial charge on any atom is -0.435 e. The summed E-state index contributed by atoms with van der Waals surface area (Å²) in [6, 6.07) is 7.59. The fourth-order valence-electron chi connectivity index (χ4n) is 3.30. The highest BCUT2D eigenvalue weighted by Crippen LogP contribution is 2.26. The Morgan fingerprint density at radius 1 is 1.25 bits per heavy atom. The van der Waals surface area contributed by atoms with Crippen LogP contribution in [0.1, 0.15) is 18.4 Å². The number of hydrogen-bond acceptors (Lipinski definition) is 3. The summed E-state index contributed by atoms with van der Waals surface area (Å²) in [5.74, 6) is 0.991. The molecule has 0 radical (unpaired) electrons.